The van der Waals surface area contributed by atoms with Crippen molar-refractivity contribution in [1.29, 1.82) is 0 Å². The van der Waals surface area contributed by atoms with Crippen LogP contribution in [0.4, 0.5) is 4.39 Å². The van der Waals surface area contributed by atoms with Crippen LogP contribution in [0.3, 0.4) is 0 Å². The molecule has 2 nitrogen and oxygen atoms in total. The van der Waals surface area contributed by atoms with E-state index in [9.17, 15) is 9.50 Å². The van der Waals surface area contributed by atoms with Gasteiger partial charge in [0.25, 0.3) is 0 Å². The maximum Gasteiger partial charge on any atom is 0.127 e. The number of benzene rings is 1. The third-order valence-electron chi connectivity index (χ3n) is 2.00. The Morgan fingerprint density at radius 3 is 2.64 bits per heavy atom. The summed E-state index contributed by atoms with van der Waals surface area (Å²) < 4.78 is 12.9. The first-order valence-corrected chi connectivity index (χ1v) is 4.78. The van der Waals surface area contributed by atoms with Gasteiger partial charge in [0, 0.05) is 12.6 Å². The van der Waals surface area contributed by atoms with Gasteiger partial charge in [0.1, 0.15) is 11.6 Å². The highest BCUT2D eigenvalue weighted by Gasteiger charge is 2.02. The van der Waals surface area contributed by atoms with Crippen LogP contribution >= 0.6 is 0 Å². The number of aromatic hydroxyl groups is 1. The minimum Gasteiger partial charge on any atom is -0.508 e. The van der Waals surface area contributed by atoms with Gasteiger partial charge in [-0.05, 0) is 37.7 Å². The first-order valence-electron chi connectivity index (χ1n) is 4.78. The molecule has 0 radical (unpaired) electrons. The molecule has 0 aromatic heterocycles. The fourth-order valence-electron chi connectivity index (χ4n) is 1.50. The van der Waals surface area contributed by atoms with Crippen LogP contribution in [0.2, 0.25) is 0 Å². The topological polar surface area (TPSA) is 23.5 Å². The third kappa shape index (κ3) is 3.34. The van der Waals surface area contributed by atoms with Crippen LogP contribution in [0.25, 0.3) is 0 Å². The van der Waals surface area contributed by atoms with Gasteiger partial charge in [-0.3, -0.25) is 0 Å². The highest BCUT2D eigenvalue weighted by Crippen LogP contribution is 2.15. The fraction of sp³-hybridized carbons (Fsp3) is 0.455. The molecule has 0 aliphatic carbocycles. The predicted octanol–water partition coefficient (Wildman–Crippen LogP) is 2.37. The molecular formula is C11H16FNO. The lowest BCUT2D eigenvalue weighted by molar-refractivity contribution is 0.326. The summed E-state index contributed by atoms with van der Waals surface area (Å²) in [6.07, 6.45) is 1.07. The monoisotopic (exact) mass is 197 g/mol. The van der Waals surface area contributed by atoms with Gasteiger partial charge >= 0.3 is 0 Å². The first kappa shape index (κ1) is 11.0. The summed E-state index contributed by atoms with van der Waals surface area (Å²) in [7, 11) is 1.98. The number of hydrogen-bond acceptors (Lipinski definition) is 2. The van der Waals surface area contributed by atoms with Gasteiger partial charge in [-0.2, -0.15) is 0 Å². The molecule has 0 heterocycles. The normalized spacial score (nSPS) is 10.9. The van der Waals surface area contributed by atoms with Crippen LogP contribution in [-0.2, 0) is 6.54 Å². The summed E-state index contributed by atoms with van der Waals surface area (Å²) >= 11 is 0. The van der Waals surface area contributed by atoms with Crippen LogP contribution in [0.5, 0.6) is 5.75 Å². The van der Waals surface area contributed by atoms with E-state index in [1.807, 2.05) is 7.05 Å². The summed E-state index contributed by atoms with van der Waals surface area (Å²) in [5, 5.41) is 9.18. The predicted molar refractivity (Wildman–Crippen MR) is 54.7 cm³/mol. The third-order valence-corrected chi connectivity index (χ3v) is 2.00. The van der Waals surface area contributed by atoms with Crippen molar-refractivity contribution in [2.45, 2.75) is 19.9 Å². The molecule has 0 unspecified atom stereocenters. The Morgan fingerprint density at radius 1 is 1.36 bits per heavy atom. The standard InChI is InChI=1S/C11H16FNO/c1-3-4-13(2)8-9-5-10(12)7-11(14)6-9/h5-7,14H,3-4,8H2,1-2H3. The molecule has 0 aliphatic rings. The van der Waals surface area contributed by atoms with E-state index in [1.165, 1.54) is 6.07 Å². The lowest BCUT2D eigenvalue weighted by Crippen LogP contribution is -2.18. The Labute approximate surface area is 84.0 Å². The molecule has 0 spiro atoms. The highest BCUT2D eigenvalue weighted by molar-refractivity contribution is 5.28. The van der Waals surface area contributed by atoms with Crippen LogP contribution in [0.1, 0.15) is 18.9 Å². The van der Waals surface area contributed by atoms with E-state index in [-0.39, 0.29) is 11.6 Å². The van der Waals surface area contributed by atoms with Gasteiger partial charge in [0.15, 0.2) is 0 Å². The van der Waals surface area contributed by atoms with Crippen molar-refractivity contribution in [3.05, 3.63) is 29.6 Å². The first-order chi connectivity index (χ1) is 6.61. The SMILES string of the molecule is CCCN(C)Cc1cc(O)cc(F)c1. The summed E-state index contributed by atoms with van der Waals surface area (Å²) in [6, 6.07) is 4.16. The van der Waals surface area contributed by atoms with Crippen molar-refractivity contribution < 1.29 is 9.50 Å². The second-order valence-electron chi connectivity index (χ2n) is 3.56. The van der Waals surface area contributed by atoms with Crippen LogP contribution < -0.4 is 0 Å². The number of halogens is 1. The number of nitrogens with zero attached hydrogens (tertiary/aromatic N) is 1. The minimum absolute atomic E-state index is 0.00935. The molecule has 78 valence electrons. The number of phenols is 1. The quantitative estimate of drug-likeness (QED) is 0.801. The smallest absolute Gasteiger partial charge is 0.127 e. The van der Waals surface area contributed by atoms with E-state index in [1.54, 1.807) is 6.07 Å². The Morgan fingerprint density at radius 2 is 2.07 bits per heavy atom. The minimum atomic E-state index is -0.384. The average molecular weight is 197 g/mol. The molecule has 1 aromatic rings. The second kappa shape index (κ2) is 4.96. The molecule has 0 fully saturated rings. The van der Waals surface area contributed by atoms with Crippen LogP contribution in [0, 0.1) is 5.82 Å². The molecule has 1 aromatic carbocycles. The summed E-state index contributed by atoms with van der Waals surface area (Å²) in [5.74, 6) is -0.394. The van der Waals surface area contributed by atoms with Gasteiger partial charge in [0.2, 0.25) is 0 Å². The largest absolute Gasteiger partial charge is 0.508 e. The van der Waals surface area contributed by atoms with Gasteiger partial charge in [-0.25, -0.2) is 4.39 Å². The van der Waals surface area contributed by atoms with E-state index in [0.717, 1.165) is 24.6 Å². The van der Waals surface area contributed by atoms with Crippen molar-refractivity contribution in [1.82, 2.24) is 4.90 Å². The maximum absolute atomic E-state index is 12.9. The lowest BCUT2D eigenvalue weighted by atomic mass is 10.2. The Balaban J connectivity index is 2.66. The molecule has 14 heavy (non-hydrogen) atoms. The molecular weight excluding hydrogens is 181 g/mol. The summed E-state index contributed by atoms with van der Waals surface area (Å²) in [5.41, 5.74) is 0.804. The van der Waals surface area contributed by atoms with Crippen molar-refractivity contribution in [2.75, 3.05) is 13.6 Å². The van der Waals surface area contributed by atoms with Gasteiger partial charge in [0.05, 0.1) is 0 Å². The molecule has 1 rings (SSSR count). The maximum atomic E-state index is 12.9. The molecule has 1 N–H and O–H groups in total. The van der Waals surface area contributed by atoms with Crippen molar-refractivity contribution in [3.8, 4) is 5.75 Å². The molecule has 0 saturated carbocycles. The van der Waals surface area contributed by atoms with Crippen molar-refractivity contribution in [3.63, 3.8) is 0 Å². The number of rotatable bonds is 4. The molecule has 0 atom stereocenters. The van der Waals surface area contributed by atoms with Crippen LogP contribution in [-0.4, -0.2) is 23.6 Å². The summed E-state index contributed by atoms with van der Waals surface area (Å²) in [6.45, 7) is 3.73. The highest BCUT2D eigenvalue weighted by atomic mass is 19.1. The van der Waals surface area contributed by atoms with E-state index in [0.29, 0.717) is 6.54 Å². The Kier molecular flexibility index (Phi) is 3.89. The van der Waals surface area contributed by atoms with E-state index in [4.69, 9.17) is 0 Å². The molecule has 0 saturated heterocycles. The average Bonchev–Trinajstić information content (AvgIpc) is 2.01. The number of phenolic OH excluding ortho intramolecular Hbond substituents is 1. The Bertz CT molecular complexity index is 281. The zero-order valence-electron chi connectivity index (χ0n) is 8.63. The van der Waals surface area contributed by atoms with Crippen molar-refractivity contribution in [2.24, 2.45) is 0 Å². The molecule has 0 bridgehead atoms. The fourth-order valence-corrected chi connectivity index (χ4v) is 1.50. The van der Waals surface area contributed by atoms with E-state index < -0.39 is 0 Å². The van der Waals surface area contributed by atoms with Crippen molar-refractivity contribution >= 4 is 0 Å². The molecule has 0 amide bonds. The molecule has 0 aliphatic heterocycles. The zero-order valence-corrected chi connectivity index (χ0v) is 8.63. The van der Waals surface area contributed by atoms with Gasteiger partial charge < -0.3 is 10.0 Å². The lowest BCUT2D eigenvalue weighted by Gasteiger charge is -2.15. The second-order valence-corrected chi connectivity index (χ2v) is 3.56. The number of hydrogen-bond donors (Lipinski definition) is 1. The Hall–Kier alpha value is -1.09. The van der Waals surface area contributed by atoms with Crippen LogP contribution in [0.15, 0.2) is 18.2 Å². The zero-order chi connectivity index (χ0) is 10.6. The van der Waals surface area contributed by atoms with Gasteiger partial charge in [-0.1, -0.05) is 6.92 Å². The molecule has 3 heteroatoms. The summed E-state index contributed by atoms with van der Waals surface area (Å²) in [4.78, 5) is 2.09. The van der Waals surface area contributed by atoms with E-state index >= 15 is 0 Å². The van der Waals surface area contributed by atoms with E-state index in [2.05, 4.69) is 11.8 Å². The van der Waals surface area contributed by atoms with Gasteiger partial charge in [-0.15, -0.1) is 0 Å².